The van der Waals surface area contributed by atoms with Crippen LogP contribution in [0.4, 0.5) is 11.4 Å². The van der Waals surface area contributed by atoms with Crippen LogP contribution in [0, 0.1) is 0 Å². The van der Waals surface area contributed by atoms with E-state index in [1.54, 1.807) is 28.4 Å². The number of nitrogens with zero attached hydrogens (tertiary/aromatic N) is 2. The average molecular weight is 607 g/mol. The van der Waals surface area contributed by atoms with Crippen molar-refractivity contribution in [3.8, 4) is 11.5 Å². The molecule has 4 heterocycles. The fourth-order valence-corrected chi connectivity index (χ4v) is 7.56. The molecule has 0 aliphatic carbocycles. The van der Waals surface area contributed by atoms with Gasteiger partial charge in [0.25, 0.3) is 11.8 Å². The smallest absolute Gasteiger partial charge is 0.256 e. The second kappa shape index (κ2) is 13.2. The monoisotopic (exact) mass is 606 g/mol. The van der Waals surface area contributed by atoms with Crippen molar-refractivity contribution in [2.75, 3.05) is 52.2 Å². The summed E-state index contributed by atoms with van der Waals surface area (Å²) in [5.74, 6) is 1.62. The van der Waals surface area contributed by atoms with Gasteiger partial charge in [-0.2, -0.15) is 0 Å². The number of unbranched alkanes of at least 4 members (excludes halogenated alkanes) is 3. The molecule has 6 rings (SSSR count). The minimum absolute atomic E-state index is 0.0441. The molecule has 2 amide bonds. The summed E-state index contributed by atoms with van der Waals surface area (Å²) in [7, 11) is 6.74. The number of benzene rings is 2. The van der Waals surface area contributed by atoms with Crippen molar-refractivity contribution in [1.82, 2.24) is 9.80 Å². The number of fused-ring (bicyclic) bond motifs is 4. The quantitative estimate of drug-likeness (QED) is 0.343. The fraction of sp³-hybridized carbons (Fsp3) is 0.588. The molecule has 2 N–H and O–H groups in total. The number of hydrogen-bond donors (Lipinski definition) is 2. The molecule has 0 saturated carbocycles. The van der Waals surface area contributed by atoms with Crippen molar-refractivity contribution >= 4 is 23.2 Å². The molecule has 0 aromatic heterocycles. The van der Waals surface area contributed by atoms with E-state index in [2.05, 4.69) is 22.8 Å². The number of nitrogens with one attached hydrogen (secondary N) is 2. The predicted molar refractivity (Wildman–Crippen MR) is 169 cm³/mol. The number of amides is 2. The molecule has 0 unspecified atom stereocenters. The van der Waals surface area contributed by atoms with Crippen LogP contribution in [0.1, 0.15) is 83.2 Å². The third-order valence-corrected chi connectivity index (χ3v) is 9.87. The number of hydrogen-bond acceptors (Lipinski definition) is 8. The Balaban J connectivity index is 1.07. The molecule has 4 aliphatic rings. The van der Waals surface area contributed by atoms with Crippen LogP contribution >= 0.6 is 0 Å². The third kappa shape index (κ3) is 5.70. The van der Waals surface area contributed by atoms with Crippen LogP contribution < -0.4 is 20.1 Å². The van der Waals surface area contributed by atoms with E-state index in [0.29, 0.717) is 11.1 Å². The number of ether oxygens (including phenoxy) is 4. The maximum Gasteiger partial charge on any atom is 0.256 e. The highest BCUT2D eigenvalue weighted by molar-refractivity contribution is 6.02. The molecule has 0 bridgehead atoms. The molecule has 10 heteroatoms. The van der Waals surface area contributed by atoms with Crippen molar-refractivity contribution in [3.63, 3.8) is 0 Å². The van der Waals surface area contributed by atoms with E-state index in [9.17, 15) is 9.59 Å². The zero-order chi connectivity index (χ0) is 30.8. The number of aryl methyl sites for hydroxylation is 2. The lowest BCUT2D eigenvalue weighted by molar-refractivity contribution is 0.0418. The lowest BCUT2D eigenvalue weighted by Gasteiger charge is -2.28. The van der Waals surface area contributed by atoms with Crippen LogP contribution in [0.2, 0.25) is 0 Å². The molecule has 0 spiro atoms. The van der Waals surface area contributed by atoms with Gasteiger partial charge in [-0.3, -0.25) is 9.59 Å². The molecule has 44 heavy (non-hydrogen) atoms. The van der Waals surface area contributed by atoms with Gasteiger partial charge >= 0.3 is 0 Å². The number of methoxy groups -OCH3 is 4. The van der Waals surface area contributed by atoms with Gasteiger partial charge in [0.1, 0.15) is 24.0 Å². The zero-order valence-corrected chi connectivity index (χ0v) is 26.4. The van der Waals surface area contributed by atoms with Crippen LogP contribution in [-0.4, -0.2) is 87.7 Å². The molecule has 10 nitrogen and oxygen atoms in total. The van der Waals surface area contributed by atoms with E-state index in [4.69, 9.17) is 18.9 Å². The topological polar surface area (TPSA) is 102 Å². The fourth-order valence-electron chi connectivity index (χ4n) is 7.56. The molecule has 2 saturated heterocycles. The van der Waals surface area contributed by atoms with E-state index in [1.807, 2.05) is 21.9 Å². The second-order valence-corrected chi connectivity index (χ2v) is 12.4. The van der Waals surface area contributed by atoms with Gasteiger partial charge in [0.15, 0.2) is 0 Å². The number of anilines is 2. The minimum Gasteiger partial charge on any atom is -0.496 e. The van der Waals surface area contributed by atoms with Gasteiger partial charge in [-0.25, -0.2) is 0 Å². The first-order valence-corrected chi connectivity index (χ1v) is 16.1. The molecule has 2 aromatic carbocycles. The molecular weight excluding hydrogens is 560 g/mol. The summed E-state index contributed by atoms with van der Waals surface area (Å²) in [5, 5.41) is 7.00. The Morgan fingerprint density at radius 1 is 0.659 bits per heavy atom. The Kier molecular flexibility index (Phi) is 9.18. The van der Waals surface area contributed by atoms with Crippen molar-refractivity contribution in [3.05, 3.63) is 46.5 Å². The average Bonchev–Trinajstić information content (AvgIpc) is 3.70. The third-order valence-electron chi connectivity index (χ3n) is 9.87. The van der Waals surface area contributed by atoms with E-state index in [-0.39, 0.29) is 36.4 Å². The first-order valence-electron chi connectivity index (χ1n) is 16.1. The van der Waals surface area contributed by atoms with Crippen LogP contribution in [0.5, 0.6) is 11.5 Å². The maximum atomic E-state index is 13.4. The van der Waals surface area contributed by atoms with Crippen molar-refractivity contribution in [2.24, 2.45) is 0 Å². The summed E-state index contributed by atoms with van der Waals surface area (Å²) < 4.78 is 23.0. The van der Waals surface area contributed by atoms with Gasteiger partial charge in [0.2, 0.25) is 0 Å². The van der Waals surface area contributed by atoms with E-state index >= 15 is 0 Å². The van der Waals surface area contributed by atoms with Crippen LogP contribution in [0.3, 0.4) is 0 Å². The van der Waals surface area contributed by atoms with E-state index in [1.165, 1.54) is 0 Å². The summed E-state index contributed by atoms with van der Waals surface area (Å²) in [6.45, 7) is 1.51. The first-order chi connectivity index (χ1) is 21.5. The number of carbonyl (C=O) groups is 2. The summed E-state index contributed by atoms with van der Waals surface area (Å²) >= 11 is 0. The van der Waals surface area contributed by atoms with Gasteiger partial charge in [-0.1, -0.05) is 12.8 Å². The molecule has 4 aliphatic heterocycles. The summed E-state index contributed by atoms with van der Waals surface area (Å²) in [6.07, 6.45) is 9.29. The molecule has 0 radical (unpaired) electrons. The highest BCUT2D eigenvalue weighted by atomic mass is 16.5. The summed E-state index contributed by atoms with van der Waals surface area (Å²) in [5.41, 5.74) is 5.15. The lowest BCUT2D eigenvalue weighted by Crippen LogP contribution is -2.44. The first kappa shape index (κ1) is 30.5. The SMILES string of the molecule is COc1cc2c(cc1CCCCCCc1cc3c(cc1OC)C(=O)N1CCC[C@H]1[C@H](OC)N3)N[C@H](OC)[C@@H]1CCCN1C2=O. The molecule has 4 atom stereocenters. The van der Waals surface area contributed by atoms with Crippen molar-refractivity contribution < 1.29 is 28.5 Å². The molecular formula is C34H46N4O6. The summed E-state index contributed by atoms with van der Waals surface area (Å²) in [4.78, 5) is 30.6. The van der Waals surface area contributed by atoms with Gasteiger partial charge < -0.3 is 39.4 Å². The Morgan fingerprint density at radius 3 is 1.48 bits per heavy atom. The van der Waals surface area contributed by atoms with Crippen LogP contribution in [0.15, 0.2) is 24.3 Å². The predicted octanol–water partition coefficient (Wildman–Crippen LogP) is 5.05. The molecule has 238 valence electrons. The van der Waals surface area contributed by atoms with E-state index < -0.39 is 0 Å². The number of carbonyl (C=O) groups excluding carboxylic acids is 2. The highest BCUT2D eigenvalue weighted by Crippen LogP contribution is 2.37. The Hall–Kier alpha value is -3.50. The largest absolute Gasteiger partial charge is 0.496 e. The highest BCUT2D eigenvalue weighted by Gasteiger charge is 2.41. The standard InChI is InChI=1S/C34H46N4O6/c1-41-29-19-23-25(35-31(43-3)27-13-9-15-37(27)33(23)39)17-21(29)11-7-5-6-8-12-22-18-26-24(20-30(22)42-2)34(40)38-16-10-14-28(38)32(36-26)44-4/h17-20,27-28,31-32,35-36H,5-16H2,1-4H3/t27-,28-,31-,32+/m0/s1. The van der Waals surface area contributed by atoms with E-state index in [0.717, 1.165) is 111 Å². The van der Waals surface area contributed by atoms with Gasteiger partial charge in [0.05, 0.1) is 37.4 Å². The molecule has 2 aromatic rings. The minimum atomic E-state index is -0.222. The normalized spacial score (nSPS) is 24.0. The van der Waals surface area contributed by atoms with Crippen LogP contribution in [0.25, 0.3) is 0 Å². The summed E-state index contributed by atoms with van der Waals surface area (Å²) in [6, 6.07) is 8.04. The van der Waals surface area contributed by atoms with Gasteiger partial charge in [-0.05, 0) is 86.8 Å². The second-order valence-electron chi connectivity index (χ2n) is 12.4. The molecule has 2 fully saturated rings. The number of rotatable bonds is 11. The van der Waals surface area contributed by atoms with Crippen LogP contribution in [-0.2, 0) is 22.3 Å². The Bertz CT molecular complexity index is 1280. The zero-order valence-electron chi connectivity index (χ0n) is 26.4. The van der Waals surface area contributed by atoms with Gasteiger partial charge in [0, 0.05) is 38.7 Å². The maximum absolute atomic E-state index is 13.4. The van der Waals surface area contributed by atoms with Crippen molar-refractivity contribution in [1.29, 1.82) is 0 Å². The Labute approximate surface area is 260 Å². The van der Waals surface area contributed by atoms with Crippen molar-refractivity contribution in [2.45, 2.75) is 88.7 Å². The lowest BCUT2D eigenvalue weighted by atomic mass is 9.99. The Morgan fingerprint density at radius 2 is 1.09 bits per heavy atom. The van der Waals surface area contributed by atoms with Gasteiger partial charge in [-0.15, -0.1) is 0 Å².